The molecule has 0 aromatic carbocycles. The summed E-state index contributed by atoms with van der Waals surface area (Å²) in [5.74, 6) is 0. The Morgan fingerprint density at radius 2 is 2.06 bits per heavy atom. The number of hydrogen-bond acceptors (Lipinski definition) is 4. The molecule has 6 nitrogen and oxygen atoms in total. The van der Waals surface area contributed by atoms with E-state index in [1.54, 1.807) is 0 Å². The van der Waals surface area contributed by atoms with Gasteiger partial charge in [-0.05, 0) is 18.9 Å². The highest BCUT2D eigenvalue weighted by atomic mass is 35.5. The lowest BCUT2D eigenvalue weighted by Gasteiger charge is -2.22. The van der Waals surface area contributed by atoms with E-state index in [2.05, 4.69) is 9.71 Å². The number of H-pyrrole nitrogens is 1. The predicted molar refractivity (Wildman–Crippen MR) is 66.2 cm³/mol. The van der Waals surface area contributed by atoms with Crippen LogP contribution < -0.4 is 10.3 Å². The van der Waals surface area contributed by atoms with E-state index in [0.29, 0.717) is 26.1 Å². The highest BCUT2D eigenvalue weighted by Gasteiger charge is 2.22. The second-order valence-electron chi connectivity index (χ2n) is 4.02. The molecule has 0 bridgehead atoms. The zero-order valence-electron chi connectivity index (χ0n) is 9.48. The molecule has 2 N–H and O–H groups in total. The Bertz CT molecular complexity index is 578. The molecule has 2 heterocycles. The van der Waals surface area contributed by atoms with Gasteiger partial charge in [0.2, 0.25) is 10.0 Å². The van der Waals surface area contributed by atoms with Crippen molar-refractivity contribution in [2.45, 2.75) is 23.8 Å². The second kappa shape index (κ2) is 5.40. The summed E-state index contributed by atoms with van der Waals surface area (Å²) in [6, 6.07) is 0.997. The number of aromatic nitrogens is 1. The van der Waals surface area contributed by atoms with Crippen LogP contribution in [0.2, 0.25) is 5.02 Å². The van der Waals surface area contributed by atoms with Crippen molar-refractivity contribution >= 4 is 21.6 Å². The van der Waals surface area contributed by atoms with E-state index in [-0.39, 0.29) is 16.0 Å². The summed E-state index contributed by atoms with van der Waals surface area (Å²) in [5, 5.41) is -0.148. The van der Waals surface area contributed by atoms with Crippen molar-refractivity contribution < 1.29 is 13.2 Å². The maximum Gasteiger partial charge on any atom is 0.266 e. The minimum absolute atomic E-state index is 0.0430. The van der Waals surface area contributed by atoms with Gasteiger partial charge in [-0.3, -0.25) is 4.79 Å². The van der Waals surface area contributed by atoms with E-state index in [1.807, 2.05) is 0 Å². The van der Waals surface area contributed by atoms with Gasteiger partial charge in [0.15, 0.2) is 0 Å². The van der Waals surface area contributed by atoms with Gasteiger partial charge in [-0.1, -0.05) is 11.6 Å². The summed E-state index contributed by atoms with van der Waals surface area (Å²) < 4.78 is 31.8. The van der Waals surface area contributed by atoms with Gasteiger partial charge in [-0.25, -0.2) is 13.1 Å². The van der Waals surface area contributed by atoms with Gasteiger partial charge in [0.1, 0.15) is 5.02 Å². The van der Waals surface area contributed by atoms with Gasteiger partial charge >= 0.3 is 0 Å². The summed E-state index contributed by atoms with van der Waals surface area (Å²) in [6.07, 6.45) is 2.41. The first-order chi connectivity index (χ1) is 8.49. The third kappa shape index (κ3) is 3.11. The minimum atomic E-state index is -3.66. The van der Waals surface area contributed by atoms with E-state index in [0.717, 1.165) is 12.3 Å². The molecule has 1 aromatic rings. The molecule has 8 heteroatoms. The first kappa shape index (κ1) is 13.5. The maximum absolute atomic E-state index is 12.0. The van der Waals surface area contributed by atoms with E-state index in [4.69, 9.17) is 16.3 Å². The molecule has 100 valence electrons. The number of rotatable bonds is 3. The van der Waals surface area contributed by atoms with Crippen molar-refractivity contribution in [3.8, 4) is 0 Å². The Morgan fingerprint density at radius 1 is 1.39 bits per heavy atom. The summed E-state index contributed by atoms with van der Waals surface area (Å²) in [5.41, 5.74) is -0.512. The molecule has 18 heavy (non-hydrogen) atoms. The average Bonchev–Trinajstić information content (AvgIpc) is 2.33. The normalized spacial score (nSPS) is 17.8. The Balaban J connectivity index is 2.19. The SMILES string of the molecule is O=c1[nH]cc(S(=O)(=O)NC2CCOCC2)cc1Cl. The van der Waals surface area contributed by atoms with Crippen LogP contribution in [-0.4, -0.2) is 32.7 Å². The second-order valence-corrected chi connectivity index (χ2v) is 6.14. The number of nitrogens with one attached hydrogen (secondary N) is 2. The molecule has 1 aliphatic heterocycles. The standard InChI is InChI=1S/C10H13ClN2O4S/c11-9-5-8(6-12-10(9)14)18(15,16)13-7-1-3-17-4-2-7/h5-7,13H,1-4H2,(H,12,14). The third-order valence-corrected chi connectivity index (χ3v) is 4.47. The summed E-state index contributed by atoms with van der Waals surface area (Å²) in [6.45, 7) is 1.08. The number of sulfonamides is 1. The molecule has 0 saturated carbocycles. The molecule has 1 aromatic heterocycles. The Labute approximate surface area is 109 Å². The molecule has 0 atom stereocenters. The van der Waals surface area contributed by atoms with Crippen LogP contribution in [-0.2, 0) is 14.8 Å². The molecule has 0 amide bonds. The third-order valence-electron chi connectivity index (χ3n) is 2.68. The van der Waals surface area contributed by atoms with E-state index < -0.39 is 15.6 Å². The lowest BCUT2D eigenvalue weighted by molar-refractivity contribution is 0.0832. The maximum atomic E-state index is 12.0. The number of pyridine rings is 1. The van der Waals surface area contributed by atoms with Crippen molar-refractivity contribution in [2.75, 3.05) is 13.2 Å². The quantitative estimate of drug-likeness (QED) is 0.848. The molecule has 1 saturated heterocycles. The lowest BCUT2D eigenvalue weighted by atomic mass is 10.1. The molecule has 1 aliphatic rings. The summed E-state index contributed by atoms with van der Waals surface area (Å²) >= 11 is 5.61. The lowest BCUT2D eigenvalue weighted by Crippen LogP contribution is -2.39. The van der Waals surface area contributed by atoms with Gasteiger partial charge in [0.05, 0.1) is 4.90 Å². The fourth-order valence-corrected chi connectivity index (χ4v) is 3.23. The number of aromatic amines is 1. The van der Waals surface area contributed by atoms with Gasteiger partial charge in [0.25, 0.3) is 5.56 Å². The zero-order valence-corrected chi connectivity index (χ0v) is 11.1. The molecule has 2 rings (SSSR count). The molecule has 0 radical (unpaired) electrons. The first-order valence-electron chi connectivity index (χ1n) is 5.47. The zero-order chi connectivity index (χ0) is 13.2. The predicted octanol–water partition coefficient (Wildman–Crippen LogP) is 0.486. The minimum Gasteiger partial charge on any atom is -0.381 e. The summed E-state index contributed by atoms with van der Waals surface area (Å²) in [7, 11) is -3.66. The van der Waals surface area contributed by atoms with Crippen LogP contribution >= 0.6 is 11.6 Å². The van der Waals surface area contributed by atoms with Gasteiger partial charge in [0, 0.05) is 25.5 Å². The van der Waals surface area contributed by atoms with Crippen LogP contribution in [0.1, 0.15) is 12.8 Å². The van der Waals surface area contributed by atoms with Crippen molar-refractivity contribution in [1.82, 2.24) is 9.71 Å². The Morgan fingerprint density at radius 3 is 2.67 bits per heavy atom. The number of halogens is 1. The average molecular weight is 293 g/mol. The van der Waals surface area contributed by atoms with E-state index in [1.165, 1.54) is 0 Å². The van der Waals surface area contributed by atoms with Crippen molar-refractivity contribution in [2.24, 2.45) is 0 Å². The fraction of sp³-hybridized carbons (Fsp3) is 0.500. The van der Waals surface area contributed by atoms with Crippen molar-refractivity contribution in [3.63, 3.8) is 0 Å². The Hall–Kier alpha value is -0.890. The summed E-state index contributed by atoms with van der Waals surface area (Å²) in [4.78, 5) is 13.3. The molecule has 0 unspecified atom stereocenters. The van der Waals surface area contributed by atoms with Crippen LogP contribution in [0, 0.1) is 0 Å². The smallest absolute Gasteiger partial charge is 0.266 e. The van der Waals surface area contributed by atoms with Crippen molar-refractivity contribution in [1.29, 1.82) is 0 Å². The highest BCUT2D eigenvalue weighted by molar-refractivity contribution is 7.89. The van der Waals surface area contributed by atoms with Crippen LogP contribution in [0.5, 0.6) is 0 Å². The largest absolute Gasteiger partial charge is 0.381 e. The molecule has 1 fully saturated rings. The monoisotopic (exact) mass is 292 g/mol. The molecular formula is C10H13ClN2O4S. The number of ether oxygens (including phenoxy) is 1. The van der Waals surface area contributed by atoms with E-state index in [9.17, 15) is 13.2 Å². The van der Waals surface area contributed by atoms with Crippen LogP contribution in [0.3, 0.4) is 0 Å². The highest BCUT2D eigenvalue weighted by Crippen LogP contribution is 2.14. The van der Waals surface area contributed by atoms with Crippen LogP contribution in [0.4, 0.5) is 0 Å². The van der Waals surface area contributed by atoms with E-state index >= 15 is 0 Å². The van der Waals surface area contributed by atoms with Gasteiger partial charge in [-0.15, -0.1) is 0 Å². The van der Waals surface area contributed by atoms with Gasteiger partial charge < -0.3 is 9.72 Å². The van der Waals surface area contributed by atoms with Crippen LogP contribution in [0.25, 0.3) is 0 Å². The van der Waals surface area contributed by atoms with Crippen LogP contribution in [0.15, 0.2) is 22.0 Å². The fourth-order valence-electron chi connectivity index (χ4n) is 1.70. The Kier molecular flexibility index (Phi) is 4.06. The topological polar surface area (TPSA) is 88.3 Å². The molecular weight excluding hydrogens is 280 g/mol. The molecule has 0 spiro atoms. The first-order valence-corrected chi connectivity index (χ1v) is 7.33. The molecule has 0 aliphatic carbocycles. The van der Waals surface area contributed by atoms with Crippen molar-refractivity contribution in [3.05, 3.63) is 27.6 Å². The van der Waals surface area contributed by atoms with Gasteiger partial charge in [-0.2, -0.15) is 0 Å². The number of hydrogen-bond donors (Lipinski definition) is 2.